The van der Waals surface area contributed by atoms with Crippen molar-refractivity contribution < 1.29 is 27.8 Å². The Morgan fingerprint density at radius 2 is 1.89 bits per heavy atom. The van der Waals surface area contributed by atoms with E-state index in [0.29, 0.717) is 31.5 Å². The Bertz CT molecular complexity index is 1090. The Morgan fingerprint density at radius 1 is 1.14 bits per heavy atom. The maximum Gasteiger partial charge on any atom is 0.407 e. The van der Waals surface area contributed by atoms with E-state index >= 15 is 0 Å². The summed E-state index contributed by atoms with van der Waals surface area (Å²) in [7, 11) is 0. The second-order valence-corrected chi connectivity index (χ2v) is 10.4. The first-order valence-electron chi connectivity index (χ1n) is 12.3. The molecule has 2 amide bonds. The molecule has 1 aliphatic carbocycles. The summed E-state index contributed by atoms with van der Waals surface area (Å²) < 4.78 is 39.6. The third-order valence-corrected chi connectivity index (χ3v) is 6.23. The van der Waals surface area contributed by atoms with Crippen LogP contribution >= 0.6 is 0 Å². The topological polar surface area (TPSA) is 79.9 Å². The molecule has 0 radical (unpaired) electrons. The van der Waals surface area contributed by atoms with E-state index in [0.717, 1.165) is 11.6 Å². The van der Waals surface area contributed by atoms with Crippen LogP contribution in [0.15, 0.2) is 42.5 Å². The van der Waals surface area contributed by atoms with Gasteiger partial charge in [-0.1, -0.05) is 30.3 Å². The Morgan fingerprint density at radius 3 is 2.61 bits per heavy atom. The molecule has 2 aromatic rings. The van der Waals surface area contributed by atoms with Gasteiger partial charge in [0.2, 0.25) is 5.91 Å². The fraction of sp³-hybridized carbons (Fsp3) is 0.481. The van der Waals surface area contributed by atoms with E-state index in [1.807, 2.05) is 30.3 Å². The number of hydrogen-bond acceptors (Lipinski definition) is 5. The number of halogens is 2. The summed E-state index contributed by atoms with van der Waals surface area (Å²) in [5, 5.41) is 6.01. The molecule has 36 heavy (non-hydrogen) atoms. The van der Waals surface area contributed by atoms with Gasteiger partial charge in [0, 0.05) is 36.7 Å². The van der Waals surface area contributed by atoms with Crippen molar-refractivity contribution in [1.82, 2.24) is 15.5 Å². The van der Waals surface area contributed by atoms with Gasteiger partial charge in [0.25, 0.3) is 0 Å². The van der Waals surface area contributed by atoms with Crippen LogP contribution in [0.4, 0.5) is 13.6 Å². The zero-order chi connectivity index (χ0) is 25.9. The van der Waals surface area contributed by atoms with Crippen molar-refractivity contribution in [3.63, 3.8) is 0 Å². The van der Waals surface area contributed by atoms with Crippen molar-refractivity contribution in [2.75, 3.05) is 19.6 Å². The minimum atomic E-state index is -0.733. The zero-order valence-electron chi connectivity index (χ0n) is 20.9. The van der Waals surface area contributed by atoms with Crippen LogP contribution in [0.2, 0.25) is 0 Å². The van der Waals surface area contributed by atoms with Gasteiger partial charge < -0.3 is 25.0 Å². The summed E-state index contributed by atoms with van der Waals surface area (Å²) in [4.78, 5) is 26.4. The average molecular weight is 502 g/mol. The molecule has 0 bridgehead atoms. The first-order valence-corrected chi connectivity index (χ1v) is 12.3. The molecule has 1 heterocycles. The highest BCUT2D eigenvalue weighted by molar-refractivity contribution is 5.79. The summed E-state index contributed by atoms with van der Waals surface area (Å²) >= 11 is 0. The van der Waals surface area contributed by atoms with Gasteiger partial charge in [-0.2, -0.15) is 0 Å². The maximum absolute atomic E-state index is 14.6. The van der Waals surface area contributed by atoms with Gasteiger partial charge in [-0.05, 0) is 45.2 Å². The third-order valence-electron chi connectivity index (χ3n) is 6.23. The molecule has 0 spiro atoms. The second-order valence-electron chi connectivity index (χ2n) is 10.4. The first kappa shape index (κ1) is 25.9. The number of alkyl carbamates (subject to hydrolysis) is 1. The number of nitrogens with zero attached hydrogens (tertiary/aromatic N) is 1. The van der Waals surface area contributed by atoms with Gasteiger partial charge in [-0.25, -0.2) is 13.6 Å². The number of hydrogen-bond donors (Lipinski definition) is 2. The predicted octanol–water partition coefficient (Wildman–Crippen LogP) is 4.11. The highest BCUT2D eigenvalue weighted by atomic mass is 19.1. The summed E-state index contributed by atoms with van der Waals surface area (Å²) in [5.74, 6) is -1.56. The monoisotopic (exact) mass is 501 g/mol. The quantitative estimate of drug-likeness (QED) is 0.569. The molecule has 1 saturated heterocycles. The molecule has 9 heteroatoms. The molecule has 2 fully saturated rings. The SMILES string of the molecule is CC(C)(C)OC(=O)N[C@@H]1CCN(C(=O)CN[C@@H]2C[C@H]2c2cc(F)cc(F)c2OCc2ccccc2)C1. The fourth-order valence-electron chi connectivity index (χ4n) is 4.41. The van der Waals surface area contributed by atoms with E-state index in [1.165, 1.54) is 6.07 Å². The largest absolute Gasteiger partial charge is 0.486 e. The van der Waals surface area contributed by atoms with E-state index in [1.54, 1.807) is 25.7 Å². The molecule has 2 aromatic carbocycles. The number of carbonyl (C=O) groups excluding carboxylic acids is 2. The summed E-state index contributed by atoms with van der Waals surface area (Å²) in [6, 6.07) is 11.3. The van der Waals surface area contributed by atoms with Gasteiger partial charge in [0.1, 0.15) is 18.0 Å². The average Bonchev–Trinajstić information content (AvgIpc) is 3.43. The van der Waals surface area contributed by atoms with E-state index in [-0.39, 0.29) is 42.8 Å². The van der Waals surface area contributed by atoms with Crippen LogP contribution in [0.3, 0.4) is 0 Å². The maximum atomic E-state index is 14.6. The Hall–Kier alpha value is -3.20. The van der Waals surface area contributed by atoms with Crippen molar-refractivity contribution in [3.05, 3.63) is 65.2 Å². The zero-order valence-corrected chi connectivity index (χ0v) is 20.9. The Balaban J connectivity index is 1.27. The van der Waals surface area contributed by atoms with Crippen LogP contribution < -0.4 is 15.4 Å². The lowest BCUT2D eigenvalue weighted by Crippen LogP contribution is -2.43. The molecule has 1 saturated carbocycles. The summed E-state index contributed by atoms with van der Waals surface area (Å²) in [6.45, 7) is 6.63. The molecule has 2 aliphatic rings. The molecule has 3 atom stereocenters. The van der Waals surface area contributed by atoms with Crippen molar-refractivity contribution in [1.29, 1.82) is 0 Å². The van der Waals surface area contributed by atoms with Crippen molar-refractivity contribution in [2.45, 2.75) is 63.8 Å². The van der Waals surface area contributed by atoms with Crippen LogP contribution in [-0.2, 0) is 16.1 Å². The minimum absolute atomic E-state index is 0.0523. The molecule has 4 rings (SSSR count). The molecule has 0 aromatic heterocycles. The van der Waals surface area contributed by atoms with Gasteiger partial charge in [0.05, 0.1) is 12.6 Å². The smallest absolute Gasteiger partial charge is 0.407 e. The molecule has 1 aliphatic heterocycles. The number of carbonyl (C=O) groups is 2. The van der Waals surface area contributed by atoms with Crippen molar-refractivity contribution >= 4 is 12.0 Å². The van der Waals surface area contributed by atoms with Gasteiger partial charge in [-0.3, -0.25) is 4.79 Å². The predicted molar refractivity (Wildman–Crippen MR) is 131 cm³/mol. The third kappa shape index (κ3) is 6.94. The number of nitrogens with one attached hydrogen (secondary N) is 2. The van der Waals surface area contributed by atoms with E-state index in [4.69, 9.17) is 9.47 Å². The Kier molecular flexibility index (Phi) is 7.78. The van der Waals surface area contributed by atoms with Crippen LogP contribution in [0, 0.1) is 11.6 Å². The van der Waals surface area contributed by atoms with E-state index in [2.05, 4.69) is 10.6 Å². The second kappa shape index (κ2) is 10.8. The van der Waals surface area contributed by atoms with E-state index in [9.17, 15) is 18.4 Å². The molecule has 2 N–H and O–H groups in total. The van der Waals surface area contributed by atoms with Crippen LogP contribution in [0.25, 0.3) is 0 Å². The minimum Gasteiger partial charge on any atom is -0.486 e. The van der Waals surface area contributed by atoms with Crippen molar-refractivity contribution in [2.24, 2.45) is 0 Å². The summed E-state index contributed by atoms with van der Waals surface area (Å²) in [5.41, 5.74) is 0.768. The molecular weight excluding hydrogens is 468 g/mol. The van der Waals surface area contributed by atoms with Crippen LogP contribution in [-0.4, -0.2) is 54.2 Å². The first-order chi connectivity index (χ1) is 17.1. The van der Waals surface area contributed by atoms with Crippen molar-refractivity contribution in [3.8, 4) is 5.75 Å². The number of rotatable bonds is 8. The van der Waals surface area contributed by atoms with Crippen LogP contribution in [0.1, 0.15) is 50.7 Å². The molecule has 7 nitrogen and oxygen atoms in total. The standard InChI is InChI=1S/C27H33F2N3O4/c1-27(2,3)36-26(34)31-19-9-10-32(15-19)24(33)14-30-23-13-20(23)21-11-18(28)12-22(29)25(21)35-16-17-7-5-4-6-8-17/h4-8,11-12,19-20,23,30H,9-10,13-16H2,1-3H3,(H,31,34)/t19-,20+,23-/m1/s1. The number of benzene rings is 2. The molecule has 194 valence electrons. The molecule has 0 unspecified atom stereocenters. The van der Waals surface area contributed by atoms with Crippen LogP contribution in [0.5, 0.6) is 5.75 Å². The number of likely N-dealkylation sites (tertiary alicyclic amines) is 1. The lowest BCUT2D eigenvalue weighted by atomic mass is 10.1. The summed E-state index contributed by atoms with van der Waals surface area (Å²) in [6.07, 6.45) is 0.816. The number of ether oxygens (including phenoxy) is 2. The Labute approximate surface area is 210 Å². The lowest BCUT2D eigenvalue weighted by Gasteiger charge is -2.22. The highest BCUT2D eigenvalue weighted by Crippen LogP contribution is 2.46. The number of amides is 2. The van der Waals surface area contributed by atoms with Gasteiger partial charge in [-0.15, -0.1) is 0 Å². The normalized spacial score (nSPS) is 21.2. The van der Waals surface area contributed by atoms with Gasteiger partial charge >= 0.3 is 6.09 Å². The highest BCUT2D eigenvalue weighted by Gasteiger charge is 2.41. The molecular formula is C27H33F2N3O4. The lowest BCUT2D eigenvalue weighted by molar-refractivity contribution is -0.129. The fourth-order valence-corrected chi connectivity index (χ4v) is 4.41. The van der Waals surface area contributed by atoms with Gasteiger partial charge in [0.15, 0.2) is 11.6 Å². The van der Waals surface area contributed by atoms with E-state index < -0.39 is 23.3 Å².